The highest BCUT2D eigenvalue weighted by atomic mass is 16.3. The van der Waals surface area contributed by atoms with Crippen LogP contribution >= 0.6 is 0 Å². The summed E-state index contributed by atoms with van der Waals surface area (Å²) in [5.74, 6) is 0.670. The minimum absolute atomic E-state index is 0.590. The topological polar surface area (TPSA) is 32.3 Å². The van der Waals surface area contributed by atoms with Gasteiger partial charge in [0.2, 0.25) is 0 Å². The molecule has 2 N–H and O–H groups in total. The standard InChI is InChI=1S/C15H25NO/c1-5-16-11-15(4,17)14-8-6-13(7-9-14)10-12(2)3/h6-9,12,16-17H,5,10-11H2,1-4H3. The number of hydrogen-bond acceptors (Lipinski definition) is 2. The fourth-order valence-electron chi connectivity index (χ4n) is 1.94. The van der Waals surface area contributed by atoms with Gasteiger partial charge >= 0.3 is 0 Å². The van der Waals surface area contributed by atoms with Gasteiger partial charge in [0.15, 0.2) is 0 Å². The van der Waals surface area contributed by atoms with E-state index in [1.807, 2.05) is 26.0 Å². The lowest BCUT2D eigenvalue weighted by Gasteiger charge is -2.24. The molecule has 2 nitrogen and oxygen atoms in total. The van der Waals surface area contributed by atoms with Crippen molar-refractivity contribution in [2.45, 2.75) is 39.7 Å². The van der Waals surface area contributed by atoms with Crippen LogP contribution in [-0.2, 0) is 12.0 Å². The molecule has 1 unspecified atom stereocenters. The maximum Gasteiger partial charge on any atom is 0.0992 e. The van der Waals surface area contributed by atoms with Crippen LogP contribution in [0.2, 0.25) is 0 Å². The number of benzene rings is 1. The van der Waals surface area contributed by atoms with Gasteiger partial charge in [-0.05, 0) is 36.9 Å². The molecule has 0 aliphatic carbocycles. The first-order valence-corrected chi connectivity index (χ1v) is 6.48. The van der Waals surface area contributed by atoms with Gasteiger partial charge in [0.25, 0.3) is 0 Å². The molecule has 0 bridgehead atoms. The third-order valence-electron chi connectivity index (χ3n) is 2.94. The second-order valence-corrected chi connectivity index (χ2v) is 5.35. The Kier molecular flexibility index (Phi) is 5.16. The molecule has 0 aliphatic rings. The Bertz CT molecular complexity index is 327. The van der Waals surface area contributed by atoms with Crippen LogP contribution in [0, 0.1) is 5.92 Å². The molecule has 96 valence electrons. The largest absolute Gasteiger partial charge is 0.384 e. The van der Waals surface area contributed by atoms with Gasteiger partial charge in [-0.25, -0.2) is 0 Å². The van der Waals surface area contributed by atoms with Crippen LogP contribution in [0.5, 0.6) is 0 Å². The molecule has 0 aliphatic heterocycles. The summed E-state index contributed by atoms with van der Waals surface area (Å²) in [5, 5.41) is 13.5. The van der Waals surface area contributed by atoms with Gasteiger partial charge in [0.1, 0.15) is 0 Å². The van der Waals surface area contributed by atoms with Crippen molar-refractivity contribution in [1.82, 2.24) is 5.32 Å². The van der Waals surface area contributed by atoms with Gasteiger partial charge in [0.05, 0.1) is 5.60 Å². The van der Waals surface area contributed by atoms with Crippen molar-refractivity contribution in [3.63, 3.8) is 0 Å². The summed E-state index contributed by atoms with van der Waals surface area (Å²) in [5.41, 5.74) is 1.53. The fraction of sp³-hybridized carbons (Fsp3) is 0.600. The van der Waals surface area contributed by atoms with Gasteiger partial charge < -0.3 is 10.4 Å². The van der Waals surface area contributed by atoms with E-state index in [0.29, 0.717) is 12.5 Å². The Labute approximate surface area is 105 Å². The van der Waals surface area contributed by atoms with Crippen LogP contribution in [0.4, 0.5) is 0 Å². The summed E-state index contributed by atoms with van der Waals surface area (Å²) in [6.07, 6.45) is 1.09. The first-order chi connectivity index (χ1) is 7.95. The van der Waals surface area contributed by atoms with E-state index in [1.165, 1.54) is 5.56 Å². The van der Waals surface area contributed by atoms with E-state index in [2.05, 4.69) is 31.3 Å². The quantitative estimate of drug-likeness (QED) is 0.794. The minimum atomic E-state index is -0.785. The summed E-state index contributed by atoms with van der Waals surface area (Å²) in [4.78, 5) is 0. The van der Waals surface area contributed by atoms with Crippen LogP contribution in [0.25, 0.3) is 0 Å². The summed E-state index contributed by atoms with van der Waals surface area (Å²) >= 11 is 0. The number of rotatable bonds is 6. The Morgan fingerprint density at radius 1 is 1.24 bits per heavy atom. The van der Waals surface area contributed by atoms with Gasteiger partial charge in [-0.2, -0.15) is 0 Å². The van der Waals surface area contributed by atoms with E-state index in [4.69, 9.17) is 0 Å². The predicted molar refractivity (Wildman–Crippen MR) is 73.1 cm³/mol. The fourth-order valence-corrected chi connectivity index (χ4v) is 1.94. The lowest BCUT2D eigenvalue weighted by Crippen LogP contribution is -2.35. The molecule has 0 spiro atoms. The molecule has 0 aromatic heterocycles. The molecule has 1 aromatic rings. The molecular weight excluding hydrogens is 210 g/mol. The van der Waals surface area contributed by atoms with Crippen molar-refractivity contribution in [2.75, 3.05) is 13.1 Å². The van der Waals surface area contributed by atoms with Crippen molar-refractivity contribution in [3.8, 4) is 0 Å². The molecule has 0 amide bonds. The predicted octanol–water partition coefficient (Wildman–Crippen LogP) is 2.70. The van der Waals surface area contributed by atoms with E-state index in [9.17, 15) is 5.11 Å². The van der Waals surface area contributed by atoms with E-state index < -0.39 is 5.60 Å². The zero-order valence-electron chi connectivity index (χ0n) is 11.5. The number of aliphatic hydroxyl groups is 1. The molecule has 0 saturated heterocycles. The van der Waals surface area contributed by atoms with E-state index in [-0.39, 0.29) is 0 Å². The van der Waals surface area contributed by atoms with Gasteiger partial charge in [-0.1, -0.05) is 45.0 Å². The van der Waals surface area contributed by atoms with Crippen LogP contribution < -0.4 is 5.32 Å². The number of likely N-dealkylation sites (N-methyl/N-ethyl adjacent to an activating group) is 1. The molecule has 1 rings (SSSR count). The van der Waals surface area contributed by atoms with Crippen molar-refractivity contribution >= 4 is 0 Å². The van der Waals surface area contributed by atoms with Crippen molar-refractivity contribution < 1.29 is 5.11 Å². The van der Waals surface area contributed by atoms with Gasteiger partial charge in [-0.3, -0.25) is 0 Å². The summed E-state index contributed by atoms with van der Waals surface area (Å²) < 4.78 is 0. The minimum Gasteiger partial charge on any atom is -0.384 e. The first-order valence-electron chi connectivity index (χ1n) is 6.48. The summed E-state index contributed by atoms with van der Waals surface area (Å²) in [7, 11) is 0. The second-order valence-electron chi connectivity index (χ2n) is 5.35. The van der Waals surface area contributed by atoms with Gasteiger partial charge in [-0.15, -0.1) is 0 Å². The lowest BCUT2D eigenvalue weighted by atomic mass is 9.93. The average Bonchev–Trinajstić information content (AvgIpc) is 2.26. The first kappa shape index (κ1) is 14.2. The van der Waals surface area contributed by atoms with Crippen LogP contribution in [0.1, 0.15) is 38.8 Å². The van der Waals surface area contributed by atoms with Crippen molar-refractivity contribution in [3.05, 3.63) is 35.4 Å². The van der Waals surface area contributed by atoms with E-state index in [0.717, 1.165) is 18.5 Å². The molecule has 17 heavy (non-hydrogen) atoms. The molecule has 2 heteroatoms. The molecule has 0 radical (unpaired) electrons. The highest BCUT2D eigenvalue weighted by Crippen LogP contribution is 2.21. The monoisotopic (exact) mass is 235 g/mol. The highest BCUT2D eigenvalue weighted by Gasteiger charge is 2.21. The van der Waals surface area contributed by atoms with Crippen LogP contribution in [0.15, 0.2) is 24.3 Å². The molecule has 0 fully saturated rings. The third-order valence-corrected chi connectivity index (χ3v) is 2.94. The number of nitrogens with one attached hydrogen (secondary N) is 1. The van der Waals surface area contributed by atoms with E-state index in [1.54, 1.807) is 0 Å². The van der Waals surface area contributed by atoms with Gasteiger partial charge in [0, 0.05) is 6.54 Å². The highest BCUT2D eigenvalue weighted by molar-refractivity contribution is 5.27. The molecule has 0 heterocycles. The van der Waals surface area contributed by atoms with E-state index >= 15 is 0 Å². The zero-order chi connectivity index (χ0) is 12.9. The van der Waals surface area contributed by atoms with Crippen molar-refractivity contribution in [2.24, 2.45) is 5.92 Å². The Morgan fingerprint density at radius 3 is 2.29 bits per heavy atom. The Hall–Kier alpha value is -0.860. The molecule has 1 atom stereocenters. The smallest absolute Gasteiger partial charge is 0.0992 e. The summed E-state index contributed by atoms with van der Waals surface area (Å²) in [6, 6.07) is 8.32. The normalized spacial score (nSPS) is 14.9. The third kappa shape index (κ3) is 4.49. The zero-order valence-corrected chi connectivity index (χ0v) is 11.5. The second kappa shape index (κ2) is 6.18. The maximum absolute atomic E-state index is 10.3. The Balaban J connectivity index is 2.72. The van der Waals surface area contributed by atoms with Crippen LogP contribution in [0.3, 0.4) is 0 Å². The Morgan fingerprint density at radius 2 is 1.82 bits per heavy atom. The summed E-state index contributed by atoms with van der Waals surface area (Å²) in [6.45, 7) is 9.80. The number of hydrogen-bond donors (Lipinski definition) is 2. The lowest BCUT2D eigenvalue weighted by molar-refractivity contribution is 0.0576. The molecule has 1 aromatic carbocycles. The average molecular weight is 235 g/mol. The maximum atomic E-state index is 10.3. The van der Waals surface area contributed by atoms with Crippen molar-refractivity contribution in [1.29, 1.82) is 0 Å². The molecule has 0 saturated carbocycles. The van der Waals surface area contributed by atoms with Crippen LogP contribution in [-0.4, -0.2) is 18.2 Å². The molecular formula is C15H25NO. The SMILES string of the molecule is CCNCC(C)(O)c1ccc(CC(C)C)cc1.